The van der Waals surface area contributed by atoms with Crippen molar-refractivity contribution < 1.29 is 19.1 Å². The molecule has 0 aliphatic carbocycles. The van der Waals surface area contributed by atoms with Crippen molar-refractivity contribution in [1.29, 1.82) is 0 Å². The maximum Gasteiger partial charge on any atom is 0.258 e. The van der Waals surface area contributed by atoms with Crippen LogP contribution in [0.15, 0.2) is 53.3 Å². The summed E-state index contributed by atoms with van der Waals surface area (Å²) in [5.74, 6) is 0.487. The second-order valence-corrected chi connectivity index (χ2v) is 9.92. The van der Waals surface area contributed by atoms with E-state index in [1.165, 1.54) is 5.56 Å². The lowest BCUT2D eigenvalue weighted by Crippen LogP contribution is -2.40. The van der Waals surface area contributed by atoms with Crippen molar-refractivity contribution in [2.24, 2.45) is 5.92 Å². The molecule has 0 saturated carbocycles. The number of benzene rings is 2. The molecule has 6 rings (SSSR count). The van der Waals surface area contributed by atoms with E-state index < -0.39 is 17.4 Å². The summed E-state index contributed by atoms with van der Waals surface area (Å²) in [7, 11) is 0. The molecule has 3 aromatic rings. The van der Waals surface area contributed by atoms with Crippen LogP contribution in [0.5, 0.6) is 11.5 Å². The number of aromatic amines is 1. The highest BCUT2D eigenvalue weighted by molar-refractivity contribution is 6.04. The number of fused-ring (bicyclic) bond motifs is 2. The predicted octanol–water partition coefficient (Wildman–Crippen LogP) is 3.06. The van der Waals surface area contributed by atoms with Gasteiger partial charge in [-0.3, -0.25) is 19.4 Å². The standard InChI is InChI=1S/C28H29N5O5/c34-23-16-20(26(35)29-19-6-7-21-22(15-19)38-13-12-37-21)24-25(30-23)31-28(32-27(24)36)33-10-8-18(9-11-33)14-17-4-2-1-3-5-17/h1-7,15,18,20H,8-14,16H2,(H,29,35)(H2,30,31,32,34,36)/t20-/m1/s1. The van der Waals surface area contributed by atoms with Crippen LogP contribution in [0.3, 0.4) is 0 Å². The van der Waals surface area contributed by atoms with Gasteiger partial charge in [0.15, 0.2) is 11.5 Å². The van der Waals surface area contributed by atoms with Gasteiger partial charge in [0.05, 0.1) is 11.5 Å². The second kappa shape index (κ2) is 10.2. The van der Waals surface area contributed by atoms with E-state index >= 15 is 0 Å². The number of rotatable bonds is 5. The summed E-state index contributed by atoms with van der Waals surface area (Å²) in [6, 6.07) is 15.5. The average molecular weight is 516 g/mol. The van der Waals surface area contributed by atoms with Gasteiger partial charge in [-0.2, -0.15) is 4.98 Å². The number of amides is 2. The molecule has 10 heteroatoms. The van der Waals surface area contributed by atoms with Crippen molar-refractivity contribution in [1.82, 2.24) is 9.97 Å². The van der Waals surface area contributed by atoms with Gasteiger partial charge in [0.25, 0.3) is 5.56 Å². The molecular formula is C28H29N5O5. The average Bonchev–Trinajstić information content (AvgIpc) is 2.93. The molecule has 3 aliphatic heterocycles. The molecule has 196 valence electrons. The number of nitrogens with one attached hydrogen (secondary N) is 3. The normalized spacial score (nSPS) is 18.9. The molecule has 1 saturated heterocycles. The lowest BCUT2D eigenvalue weighted by Gasteiger charge is -2.33. The van der Waals surface area contributed by atoms with Gasteiger partial charge in [-0.1, -0.05) is 30.3 Å². The Morgan fingerprint density at radius 3 is 2.58 bits per heavy atom. The Labute approximate surface area is 219 Å². The van der Waals surface area contributed by atoms with E-state index in [0.29, 0.717) is 42.3 Å². The molecule has 2 amide bonds. The lowest BCUT2D eigenvalue weighted by atomic mass is 9.90. The Kier molecular flexibility index (Phi) is 6.45. The number of hydrogen-bond acceptors (Lipinski definition) is 7. The maximum atomic E-state index is 13.2. The molecule has 1 fully saturated rings. The highest BCUT2D eigenvalue weighted by Crippen LogP contribution is 2.35. The van der Waals surface area contributed by atoms with Crippen molar-refractivity contribution >= 4 is 29.3 Å². The highest BCUT2D eigenvalue weighted by Gasteiger charge is 2.35. The topological polar surface area (TPSA) is 126 Å². The van der Waals surface area contributed by atoms with Crippen molar-refractivity contribution in [3.63, 3.8) is 0 Å². The minimum absolute atomic E-state index is 0.141. The van der Waals surface area contributed by atoms with Crippen LogP contribution in [-0.4, -0.2) is 48.1 Å². The zero-order valence-corrected chi connectivity index (χ0v) is 20.9. The van der Waals surface area contributed by atoms with Crippen LogP contribution >= 0.6 is 0 Å². The molecule has 1 aromatic heterocycles. The van der Waals surface area contributed by atoms with Gasteiger partial charge < -0.3 is 25.0 Å². The third-order valence-electron chi connectivity index (χ3n) is 7.35. The Hall–Kier alpha value is -4.34. The molecule has 1 atom stereocenters. The first kappa shape index (κ1) is 24.0. The molecule has 10 nitrogen and oxygen atoms in total. The van der Waals surface area contributed by atoms with Gasteiger partial charge in [-0.25, -0.2) is 0 Å². The Morgan fingerprint density at radius 2 is 1.79 bits per heavy atom. The van der Waals surface area contributed by atoms with E-state index in [-0.39, 0.29) is 23.7 Å². The van der Waals surface area contributed by atoms with Gasteiger partial charge in [0, 0.05) is 31.3 Å². The number of carbonyl (C=O) groups excluding carboxylic acids is 2. The van der Waals surface area contributed by atoms with Crippen LogP contribution in [0.1, 0.15) is 36.3 Å². The molecule has 0 radical (unpaired) electrons. The van der Waals surface area contributed by atoms with Crippen molar-refractivity contribution in [2.45, 2.75) is 31.6 Å². The minimum Gasteiger partial charge on any atom is -0.486 e. The van der Waals surface area contributed by atoms with Crippen molar-refractivity contribution in [3.8, 4) is 11.5 Å². The Bertz CT molecular complexity index is 1410. The fourth-order valence-corrected chi connectivity index (χ4v) is 5.38. The molecule has 2 aromatic carbocycles. The first-order valence-electron chi connectivity index (χ1n) is 13.0. The molecular weight excluding hydrogens is 486 g/mol. The van der Waals surface area contributed by atoms with Gasteiger partial charge in [0.1, 0.15) is 19.0 Å². The van der Waals surface area contributed by atoms with Crippen LogP contribution in [0.2, 0.25) is 0 Å². The largest absolute Gasteiger partial charge is 0.486 e. The summed E-state index contributed by atoms with van der Waals surface area (Å²) >= 11 is 0. The molecule has 3 aliphatic rings. The number of aromatic nitrogens is 2. The second-order valence-electron chi connectivity index (χ2n) is 9.92. The highest BCUT2D eigenvalue weighted by atomic mass is 16.6. The molecule has 0 spiro atoms. The smallest absolute Gasteiger partial charge is 0.258 e. The van der Waals surface area contributed by atoms with Crippen LogP contribution in [0.25, 0.3) is 0 Å². The Balaban J connectivity index is 1.17. The number of hydrogen-bond donors (Lipinski definition) is 3. The molecule has 0 bridgehead atoms. The monoisotopic (exact) mass is 515 g/mol. The van der Waals surface area contributed by atoms with Crippen molar-refractivity contribution in [3.05, 3.63) is 70.0 Å². The number of carbonyl (C=O) groups is 2. The van der Waals surface area contributed by atoms with Gasteiger partial charge in [-0.15, -0.1) is 0 Å². The molecule has 0 unspecified atom stereocenters. The van der Waals surface area contributed by atoms with Crippen LogP contribution in [0, 0.1) is 5.92 Å². The summed E-state index contributed by atoms with van der Waals surface area (Å²) in [4.78, 5) is 48.4. The third kappa shape index (κ3) is 4.93. The van der Waals surface area contributed by atoms with Gasteiger partial charge in [-0.05, 0) is 42.9 Å². The van der Waals surface area contributed by atoms with E-state index in [4.69, 9.17) is 9.47 Å². The SMILES string of the molecule is O=C1C[C@@H](C(=O)Nc2ccc3c(c2)OCCO3)c2c(nc(N3CCC(Cc4ccccc4)CC3)[nH]c2=O)N1. The quantitative estimate of drug-likeness (QED) is 0.477. The van der Waals surface area contributed by atoms with E-state index in [1.54, 1.807) is 18.2 Å². The molecule has 3 N–H and O–H groups in total. The summed E-state index contributed by atoms with van der Waals surface area (Å²) in [5.41, 5.74) is 1.57. The maximum absolute atomic E-state index is 13.2. The zero-order valence-electron chi connectivity index (χ0n) is 20.9. The first-order valence-corrected chi connectivity index (χ1v) is 13.0. The number of ether oxygens (including phenoxy) is 2. The summed E-state index contributed by atoms with van der Waals surface area (Å²) in [6.45, 7) is 2.40. The summed E-state index contributed by atoms with van der Waals surface area (Å²) in [6.07, 6.45) is 2.84. The molecule has 4 heterocycles. The first-order chi connectivity index (χ1) is 18.5. The van der Waals surface area contributed by atoms with E-state index in [0.717, 1.165) is 32.4 Å². The number of H-pyrrole nitrogens is 1. The van der Waals surface area contributed by atoms with Gasteiger partial charge >= 0.3 is 0 Å². The fraction of sp³-hybridized carbons (Fsp3) is 0.357. The lowest BCUT2D eigenvalue weighted by molar-refractivity contribution is -0.123. The minimum atomic E-state index is -0.964. The van der Waals surface area contributed by atoms with Crippen molar-refractivity contribution in [2.75, 3.05) is 41.8 Å². The van der Waals surface area contributed by atoms with Gasteiger partial charge in [0.2, 0.25) is 17.8 Å². The third-order valence-corrected chi connectivity index (χ3v) is 7.35. The number of piperidine rings is 1. The van der Waals surface area contributed by atoms with Crippen LogP contribution in [-0.2, 0) is 16.0 Å². The zero-order chi connectivity index (χ0) is 26.1. The predicted molar refractivity (Wildman–Crippen MR) is 142 cm³/mol. The Morgan fingerprint density at radius 1 is 1.03 bits per heavy atom. The summed E-state index contributed by atoms with van der Waals surface area (Å²) < 4.78 is 11.1. The number of nitrogens with zero attached hydrogens (tertiary/aromatic N) is 2. The summed E-state index contributed by atoms with van der Waals surface area (Å²) in [5, 5.41) is 5.51. The van der Waals surface area contributed by atoms with E-state index in [2.05, 4.69) is 44.9 Å². The van der Waals surface area contributed by atoms with Crippen LogP contribution < -0.4 is 30.6 Å². The molecule has 38 heavy (non-hydrogen) atoms. The van der Waals surface area contributed by atoms with E-state index in [9.17, 15) is 14.4 Å². The fourth-order valence-electron chi connectivity index (χ4n) is 5.38. The van der Waals surface area contributed by atoms with E-state index in [1.807, 2.05) is 11.0 Å². The number of anilines is 3. The van der Waals surface area contributed by atoms with Crippen LogP contribution in [0.4, 0.5) is 17.5 Å².